The number of alkyl halides is 3. The van der Waals surface area contributed by atoms with Gasteiger partial charge in [-0.3, -0.25) is 4.99 Å². The molecule has 12 heteroatoms. The van der Waals surface area contributed by atoms with E-state index in [-0.39, 0.29) is 19.0 Å². The van der Waals surface area contributed by atoms with Crippen molar-refractivity contribution in [2.45, 2.75) is 38.2 Å². The van der Waals surface area contributed by atoms with Crippen LogP contribution in [0.2, 0.25) is 0 Å². The van der Waals surface area contributed by atoms with Gasteiger partial charge in [-0.05, 0) is 25.2 Å². The summed E-state index contributed by atoms with van der Waals surface area (Å²) >= 11 is 1.60. The number of sulfonamides is 1. The molecule has 0 atom stereocenters. The molecule has 1 aromatic heterocycles. The summed E-state index contributed by atoms with van der Waals surface area (Å²) in [5, 5.41) is 9.33. The molecular weight excluding hydrogens is 403 g/mol. The van der Waals surface area contributed by atoms with Crippen LogP contribution in [0.3, 0.4) is 0 Å². The van der Waals surface area contributed by atoms with Crippen molar-refractivity contribution in [1.82, 2.24) is 19.9 Å². The fraction of sp³-hybridized carbons (Fsp3) is 0.733. The van der Waals surface area contributed by atoms with Gasteiger partial charge in [0.2, 0.25) is 0 Å². The van der Waals surface area contributed by atoms with Gasteiger partial charge in [0.15, 0.2) is 5.96 Å². The lowest BCUT2D eigenvalue weighted by Gasteiger charge is -2.31. The quantitative estimate of drug-likeness (QED) is 0.535. The fourth-order valence-corrected chi connectivity index (χ4v) is 4.46. The smallest absolute Gasteiger partial charge is 0.356 e. The van der Waals surface area contributed by atoms with Gasteiger partial charge >= 0.3 is 15.5 Å². The van der Waals surface area contributed by atoms with E-state index >= 15 is 0 Å². The van der Waals surface area contributed by atoms with E-state index in [1.54, 1.807) is 18.4 Å². The second kappa shape index (κ2) is 9.20. The molecule has 2 heterocycles. The van der Waals surface area contributed by atoms with Gasteiger partial charge in [0.25, 0.3) is 0 Å². The number of hydrogen-bond donors (Lipinski definition) is 2. The first-order valence-electron chi connectivity index (χ1n) is 8.61. The Hall–Kier alpha value is -1.40. The average Bonchev–Trinajstić information content (AvgIpc) is 3.09. The summed E-state index contributed by atoms with van der Waals surface area (Å²) in [6.07, 6.45) is 1.62. The van der Waals surface area contributed by atoms with E-state index < -0.39 is 15.5 Å². The zero-order valence-electron chi connectivity index (χ0n) is 15.2. The summed E-state index contributed by atoms with van der Waals surface area (Å²) in [5.74, 6) is 0.653. The Morgan fingerprint density at radius 2 is 2.04 bits per heavy atom. The van der Waals surface area contributed by atoms with E-state index in [1.807, 2.05) is 12.3 Å². The Bertz CT molecular complexity index is 741. The van der Waals surface area contributed by atoms with Crippen molar-refractivity contribution in [3.05, 3.63) is 16.1 Å². The SMILES string of the molecule is CCc1nc(CNC(=NC)NCC2CCN(S(=O)(=O)C(F)(F)F)CC2)cs1. The molecule has 2 N–H and O–H groups in total. The normalized spacial score (nSPS) is 17.9. The van der Waals surface area contributed by atoms with Crippen LogP contribution in [-0.2, 0) is 23.0 Å². The summed E-state index contributed by atoms with van der Waals surface area (Å²) < 4.78 is 61.1. The van der Waals surface area contributed by atoms with Crippen molar-refractivity contribution < 1.29 is 21.6 Å². The standard InChI is InChI=1S/C15H24F3N5O2S2/c1-3-13-22-12(10-26-13)9-21-14(19-2)20-8-11-4-6-23(7-5-11)27(24,25)15(16,17)18/h10-11H,3-9H2,1-2H3,(H2,19,20,21). The highest BCUT2D eigenvalue weighted by Crippen LogP contribution is 2.30. The van der Waals surface area contributed by atoms with Crippen molar-refractivity contribution in [2.75, 3.05) is 26.7 Å². The highest BCUT2D eigenvalue weighted by Gasteiger charge is 2.50. The number of aliphatic imine (C=N–C) groups is 1. The molecule has 1 aromatic rings. The van der Waals surface area contributed by atoms with Crippen molar-refractivity contribution in [3.8, 4) is 0 Å². The monoisotopic (exact) mass is 427 g/mol. The van der Waals surface area contributed by atoms with Crippen molar-refractivity contribution >= 4 is 27.3 Å². The first-order chi connectivity index (χ1) is 12.7. The van der Waals surface area contributed by atoms with Crippen LogP contribution in [0.25, 0.3) is 0 Å². The lowest BCUT2D eigenvalue weighted by Crippen LogP contribution is -2.47. The van der Waals surface area contributed by atoms with Gasteiger partial charge in [-0.15, -0.1) is 11.3 Å². The Kier molecular flexibility index (Phi) is 7.46. The number of halogens is 3. The molecule has 1 fully saturated rings. The highest BCUT2D eigenvalue weighted by molar-refractivity contribution is 7.90. The van der Waals surface area contributed by atoms with E-state index in [0.717, 1.165) is 17.1 Å². The molecule has 7 nitrogen and oxygen atoms in total. The van der Waals surface area contributed by atoms with E-state index in [2.05, 4.69) is 20.6 Å². The number of hydrogen-bond acceptors (Lipinski definition) is 5. The van der Waals surface area contributed by atoms with Crippen LogP contribution < -0.4 is 10.6 Å². The van der Waals surface area contributed by atoms with Crippen LogP contribution in [0.15, 0.2) is 10.4 Å². The van der Waals surface area contributed by atoms with Crippen molar-refractivity contribution in [2.24, 2.45) is 10.9 Å². The summed E-state index contributed by atoms with van der Waals surface area (Å²) in [6.45, 7) is 2.83. The molecule has 1 aliphatic heterocycles. The fourth-order valence-electron chi connectivity index (χ4n) is 2.73. The predicted octanol–water partition coefficient (Wildman–Crippen LogP) is 1.93. The Balaban J connectivity index is 1.76. The second-order valence-corrected chi connectivity index (χ2v) is 9.06. The number of piperidine rings is 1. The van der Waals surface area contributed by atoms with Gasteiger partial charge in [0, 0.05) is 32.1 Å². The minimum atomic E-state index is -5.24. The minimum Gasteiger partial charge on any atom is -0.356 e. The molecule has 0 bridgehead atoms. The van der Waals surface area contributed by atoms with Gasteiger partial charge in [0.1, 0.15) is 0 Å². The lowest BCUT2D eigenvalue weighted by molar-refractivity contribution is -0.0496. The maximum absolute atomic E-state index is 12.6. The number of aryl methyl sites for hydroxylation is 1. The number of nitrogens with one attached hydrogen (secondary N) is 2. The van der Waals surface area contributed by atoms with E-state index in [9.17, 15) is 21.6 Å². The third-order valence-electron chi connectivity index (χ3n) is 4.33. The van der Waals surface area contributed by atoms with Gasteiger partial charge < -0.3 is 10.6 Å². The number of guanidine groups is 1. The third-order valence-corrected chi connectivity index (χ3v) is 7.00. The van der Waals surface area contributed by atoms with Gasteiger partial charge in [-0.25, -0.2) is 13.4 Å². The molecule has 0 radical (unpaired) electrons. The average molecular weight is 428 g/mol. The molecule has 0 unspecified atom stereocenters. The summed E-state index contributed by atoms with van der Waals surface area (Å²) in [6, 6.07) is 0. The lowest BCUT2D eigenvalue weighted by atomic mass is 9.98. The molecule has 154 valence electrons. The van der Waals surface area contributed by atoms with Crippen LogP contribution in [-0.4, -0.2) is 55.9 Å². The molecule has 0 spiro atoms. The van der Waals surface area contributed by atoms with Gasteiger partial charge in [-0.2, -0.15) is 17.5 Å². The molecule has 1 aliphatic rings. The molecule has 0 aromatic carbocycles. The minimum absolute atomic E-state index is 0.0780. The second-order valence-electron chi connectivity index (χ2n) is 6.19. The zero-order valence-corrected chi connectivity index (χ0v) is 16.8. The molecule has 0 aliphatic carbocycles. The summed E-state index contributed by atoms with van der Waals surface area (Å²) in [7, 11) is -3.60. The van der Waals surface area contributed by atoms with Crippen LogP contribution in [0, 0.1) is 5.92 Å². The molecule has 1 saturated heterocycles. The Morgan fingerprint density at radius 1 is 1.37 bits per heavy atom. The molecule has 27 heavy (non-hydrogen) atoms. The summed E-state index contributed by atoms with van der Waals surface area (Å²) in [4.78, 5) is 8.57. The van der Waals surface area contributed by atoms with Crippen molar-refractivity contribution in [1.29, 1.82) is 0 Å². The summed E-state index contributed by atoms with van der Waals surface area (Å²) in [5.41, 5.74) is -4.32. The van der Waals surface area contributed by atoms with Gasteiger partial charge in [0.05, 0.1) is 17.2 Å². The third kappa shape index (κ3) is 5.79. The molecular formula is C15H24F3N5O2S2. The number of rotatable bonds is 6. The number of aromatic nitrogens is 1. The molecule has 2 rings (SSSR count). The highest BCUT2D eigenvalue weighted by atomic mass is 32.2. The maximum atomic E-state index is 12.6. The molecule has 0 saturated carbocycles. The van der Waals surface area contributed by atoms with Gasteiger partial charge in [-0.1, -0.05) is 6.92 Å². The zero-order chi connectivity index (χ0) is 20.1. The Labute approximate surface area is 161 Å². The van der Waals surface area contributed by atoms with E-state index in [0.29, 0.717) is 36.2 Å². The van der Waals surface area contributed by atoms with Crippen LogP contribution in [0.5, 0.6) is 0 Å². The molecule has 0 amide bonds. The number of thiazole rings is 1. The maximum Gasteiger partial charge on any atom is 0.511 e. The predicted molar refractivity (Wildman–Crippen MR) is 99.0 cm³/mol. The topological polar surface area (TPSA) is 86.7 Å². The van der Waals surface area contributed by atoms with Crippen LogP contribution >= 0.6 is 11.3 Å². The van der Waals surface area contributed by atoms with Crippen LogP contribution in [0.4, 0.5) is 13.2 Å². The first kappa shape index (κ1) is 21.9. The van der Waals surface area contributed by atoms with Crippen LogP contribution in [0.1, 0.15) is 30.5 Å². The van der Waals surface area contributed by atoms with E-state index in [1.165, 1.54) is 0 Å². The van der Waals surface area contributed by atoms with Crippen molar-refractivity contribution in [3.63, 3.8) is 0 Å². The Morgan fingerprint density at radius 3 is 2.56 bits per heavy atom. The first-order valence-corrected chi connectivity index (χ1v) is 10.9. The van der Waals surface area contributed by atoms with E-state index in [4.69, 9.17) is 0 Å². The number of nitrogens with zero attached hydrogens (tertiary/aromatic N) is 3. The largest absolute Gasteiger partial charge is 0.511 e.